The fourth-order valence-corrected chi connectivity index (χ4v) is 7.94. The van der Waals surface area contributed by atoms with Gasteiger partial charge >= 0.3 is 7.12 Å². The van der Waals surface area contributed by atoms with E-state index in [1.54, 1.807) is 13.0 Å². The van der Waals surface area contributed by atoms with Crippen LogP contribution in [-0.2, 0) is 30.1 Å². The van der Waals surface area contributed by atoms with E-state index < -0.39 is 42.5 Å². The minimum absolute atomic E-state index is 0.0132. The lowest BCUT2D eigenvalue weighted by Gasteiger charge is -2.64. The Morgan fingerprint density at radius 3 is 2.28 bits per heavy atom. The fourth-order valence-electron chi connectivity index (χ4n) is 7.94. The van der Waals surface area contributed by atoms with Gasteiger partial charge in [-0.1, -0.05) is 77.1 Å². The molecule has 2 aromatic carbocycles. The highest BCUT2D eigenvalue weighted by Gasteiger charge is 2.67. The second-order valence-electron chi connectivity index (χ2n) is 14.9. The Balaban J connectivity index is 1.19. The summed E-state index contributed by atoms with van der Waals surface area (Å²) >= 11 is 0. The zero-order chi connectivity index (χ0) is 34.1. The van der Waals surface area contributed by atoms with Gasteiger partial charge in [0.25, 0.3) is 0 Å². The van der Waals surface area contributed by atoms with Crippen molar-refractivity contribution >= 4 is 30.5 Å². The van der Waals surface area contributed by atoms with Gasteiger partial charge in [-0.15, -0.1) is 0 Å². The maximum atomic E-state index is 14.3. The molecule has 4 aliphatic rings. The Hall–Kier alpha value is -3.37. The van der Waals surface area contributed by atoms with Crippen LogP contribution >= 0.6 is 0 Å². The second kappa shape index (κ2) is 14.0. The average Bonchev–Trinajstić information content (AvgIpc) is 3.38. The van der Waals surface area contributed by atoms with E-state index in [-0.39, 0.29) is 66.0 Å². The fraction of sp³-hybridized carbons (Fsp3) is 0.568. The van der Waals surface area contributed by atoms with Gasteiger partial charge in [-0.2, -0.15) is 0 Å². The summed E-state index contributed by atoms with van der Waals surface area (Å²) in [5, 5.41) is 5.79. The molecule has 8 nitrogen and oxygen atoms in total. The van der Waals surface area contributed by atoms with Crippen molar-refractivity contribution in [3.63, 3.8) is 0 Å². The van der Waals surface area contributed by atoms with E-state index in [1.165, 1.54) is 18.2 Å². The number of ketones is 2. The number of amides is 2. The molecule has 3 aliphatic carbocycles. The van der Waals surface area contributed by atoms with E-state index in [0.717, 1.165) is 18.4 Å². The molecule has 2 N–H and O–H groups in total. The van der Waals surface area contributed by atoms with Crippen molar-refractivity contribution in [3.8, 4) is 0 Å². The van der Waals surface area contributed by atoms with Crippen molar-refractivity contribution in [2.75, 3.05) is 6.44 Å². The Bertz CT molecular complexity index is 1480. The largest absolute Gasteiger partial charge is 0.478 e. The van der Waals surface area contributed by atoms with Crippen LogP contribution < -0.4 is 10.6 Å². The van der Waals surface area contributed by atoms with Crippen LogP contribution in [0.15, 0.2) is 54.6 Å². The number of benzene rings is 2. The van der Waals surface area contributed by atoms with Crippen LogP contribution in [0.25, 0.3) is 0 Å². The van der Waals surface area contributed by atoms with Crippen molar-refractivity contribution in [1.29, 1.82) is 0 Å². The lowest BCUT2D eigenvalue weighted by molar-refractivity contribution is -0.199. The van der Waals surface area contributed by atoms with Gasteiger partial charge in [0.05, 0.1) is 29.8 Å². The number of carbonyl (C=O) groups excluding carboxylic acids is 4. The summed E-state index contributed by atoms with van der Waals surface area (Å²) in [5.41, 5.74) is 0.631. The molecule has 0 aromatic heterocycles. The summed E-state index contributed by atoms with van der Waals surface area (Å²) in [6.07, 6.45) is 2.25. The monoisotopic (exact) mass is 646 g/mol. The molecule has 252 valence electrons. The van der Waals surface area contributed by atoms with Crippen LogP contribution in [0.5, 0.6) is 0 Å². The quantitative estimate of drug-likeness (QED) is 0.211. The number of nitrogens with one attached hydrogen (secondary N) is 2. The molecule has 1 aliphatic heterocycles. The molecule has 2 bridgehead atoms. The molecule has 1 heterocycles. The first-order valence-electron chi connectivity index (χ1n) is 17.0. The molecule has 2 amide bonds. The van der Waals surface area contributed by atoms with Crippen molar-refractivity contribution < 1.29 is 32.9 Å². The number of hydrogen-bond donors (Lipinski definition) is 2. The Morgan fingerprint density at radius 1 is 0.936 bits per heavy atom. The molecular weight excluding hydrogens is 598 g/mol. The number of Topliss-reactive ketones (excluding diaryl/α,β-unsaturated/α-hetero) is 2. The van der Waals surface area contributed by atoms with Crippen molar-refractivity contribution in [2.45, 2.75) is 91.4 Å². The third-order valence-corrected chi connectivity index (χ3v) is 11.1. The van der Waals surface area contributed by atoms with Gasteiger partial charge in [-0.05, 0) is 67.1 Å². The molecule has 4 fully saturated rings. The maximum absolute atomic E-state index is 14.3. The highest BCUT2D eigenvalue weighted by atomic mass is 19.1. The topological polar surface area (TPSA) is 111 Å². The minimum Gasteiger partial charge on any atom is -0.404 e. The molecule has 2 aromatic rings. The molecule has 3 saturated carbocycles. The van der Waals surface area contributed by atoms with Crippen LogP contribution in [0.1, 0.15) is 83.1 Å². The molecule has 1 unspecified atom stereocenters. The number of rotatable bonds is 14. The Morgan fingerprint density at radius 2 is 1.62 bits per heavy atom. The van der Waals surface area contributed by atoms with Crippen molar-refractivity contribution in [1.82, 2.24) is 10.6 Å². The van der Waals surface area contributed by atoms with Gasteiger partial charge in [-0.25, -0.2) is 4.39 Å². The van der Waals surface area contributed by atoms with Gasteiger partial charge in [0, 0.05) is 24.7 Å². The third-order valence-electron chi connectivity index (χ3n) is 11.1. The van der Waals surface area contributed by atoms with Crippen molar-refractivity contribution in [3.05, 3.63) is 71.5 Å². The first kappa shape index (κ1) is 35.0. The van der Waals surface area contributed by atoms with Crippen molar-refractivity contribution in [2.24, 2.45) is 35.0 Å². The summed E-state index contributed by atoms with van der Waals surface area (Å²) in [6.45, 7) is 12.0. The average molecular weight is 647 g/mol. The third kappa shape index (κ3) is 7.39. The minimum atomic E-state index is -0.913. The smallest absolute Gasteiger partial charge is 0.404 e. The predicted octanol–water partition coefficient (Wildman–Crippen LogP) is 5.38. The van der Waals surface area contributed by atoms with E-state index >= 15 is 0 Å². The molecule has 10 heteroatoms. The van der Waals surface area contributed by atoms with Crippen LogP contribution in [0, 0.1) is 40.8 Å². The summed E-state index contributed by atoms with van der Waals surface area (Å²) in [6, 6.07) is 14.1. The Labute approximate surface area is 278 Å². The van der Waals surface area contributed by atoms with E-state index in [9.17, 15) is 23.6 Å². The van der Waals surface area contributed by atoms with E-state index in [2.05, 4.69) is 31.4 Å². The SMILES string of the molecule is CC(C)[C@H](CC(=O)c1ccccc1F)C(=O)N[C@@H](Cc1ccccc1)C(=O)C[C@@H](C)C(=O)NCB1O[C@@H]2CC3C[C@@H](C3(C)C)[C@]2(C)O1. The van der Waals surface area contributed by atoms with Gasteiger partial charge in [0.15, 0.2) is 11.6 Å². The predicted molar refractivity (Wildman–Crippen MR) is 178 cm³/mol. The van der Waals surface area contributed by atoms with Gasteiger partial charge in [0.1, 0.15) is 5.82 Å². The molecule has 7 atom stereocenters. The molecular formula is C37H48BFN2O6. The number of hydrogen-bond acceptors (Lipinski definition) is 6. The lowest BCUT2D eigenvalue weighted by Crippen LogP contribution is -2.65. The lowest BCUT2D eigenvalue weighted by atomic mass is 9.43. The molecule has 47 heavy (non-hydrogen) atoms. The maximum Gasteiger partial charge on any atom is 0.478 e. The normalized spacial score (nSPS) is 26.0. The van der Waals surface area contributed by atoms with Crippen LogP contribution in [0.4, 0.5) is 4.39 Å². The first-order chi connectivity index (χ1) is 22.2. The Kier molecular flexibility index (Phi) is 10.4. The van der Waals surface area contributed by atoms with E-state index in [4.69, 9.17) is 9.31 Å². The van der Waals surface area contributed by atoms with E-state index in [0.29, 0.717) is 11.8 Å². The molecule has 0 spiro atoms. The summed E-state index contributed by atoms with van der Waals surface area (Å²) in [7, 11) is -0.544. The number of carbonyl (C=O) groups is 4. The van der Waals surface area contributed by atoms with Crippen LogP contribution in [-0.4, -0.2) is 54.7 Å². The van der Waals surface area contributed by atoms with Crippen LogP contribution in [0.2, 0.25) is 0 Å². The van der Waals surface area contributed by atoms with E-state index in [1.807, 2.05) is 44.2 Å². The van der Waals surface area contributed by atoms with Gasteiger partial charge < -0.3 is 19.9 Å². The van der Waals surface area contributed by atoms with Gasteiger partial charge in [0.2, 0.25) is 11.8 Å². The summed E-state index contributed by atoms with van der Waals surface area (Å²) < 4.78 is 26.9. The summed E-state index contributed by atoms with van der Waals surface area (Å²) in [4.78, 5) is 53.4. The summed E-state index contributed by atoms with van der Waals surface area (Å²) in [5.74, 6) is -2.79. The first-order valence-corrected chi connectivity index (χ1v) is 17.0. The molecule has 1 saturated heterocycles. The number of halogens is 1. The molecule has 0 radical (unpaired) electrons. The zero-order valence-electron chi connectivity index (χ0n) is 28.4. The zero-order valence-corrected chi connectivity index (χ0v) is 28.4. The second-order valence-corrected chi connectivity index (χ2v) is 14.9. The highest BCUT2D eigenvalue weighted by Crippen LogP contribution is 2.65. The standard InChI is InChI=1S/C37H48BFN2O6/c1-22(2)27(20-30(42)26-14-10-11-15-28(26)39)35(45)41-29(17-24-12-8-7-9-13-24)31(43)16-23(3)34(44)40-21-38-46-33-19-25-18-32(36(25,4)5)37(33,6)47-38/h7-15,22-23,25,27,29,32-33H,16-21H2,1-6H3,(H,40,44)(H,41,45)/t23-,25?,27+,29+,32+,33-,37+/m1/s1. The van der Waals surface area contributed by atoms with Gasteiger partial charge in [-0.3, -0.25) is 19.2 Å². The highest BCUT2D eigenvalue weighted by molar-refractivity contribution is 6.46. The van der Waals surface area contributed by atoms with Crippen LogP contribution in [0.3, 0.4) is 0 Å². The molecule has 6 rings (SSSR count).